The maximum absolute atomic E-state index is 5.71. The second-order valence-electron chi connectivity index (χ2n) is 3.07. The normalized spacial score (nSPS) is 10.0. The Morgan fingerprint density at radius 1 is 1.14 bits per heavy atom. The summed E-state index contributed by atoms with van der Waals surface area (Å²) < 4.78 is 10.4. The molecule has 0 atom stereocenters. The molecule has 1 aromatic carbocycles. The van der Waals surface area contributed by atoms with Crippen LogP contribution in [0.1, 0.15) is 11.1 Å². The summed E-state index contributed by atoms with van der Waals surface area (Å²) in [5, 5.41) is 0. The summed E-state index contributed by atoms with van der Waals surface area (Å²) in [4.78, 5) is 0. The molecule has 1 aromatic rings. The fourth-order valence-corrected chi connectivity index (χ4v) is 1.60. The number of alkyl halides is 1. The molecule has 0 aliphatic rings. The van der Waals surface area contributed by atoms with Gasteiger partial charge in [-0.15, -0.1) is 11.6 Å². The van der Waals surface area contributed by atoms with Gasteiger partial charge in [0.25, 0.3) is 0 Å². The number of methoxy groups -OCH3 is 2. The van der Waals surface area contributed by atoms with Gasteiger partial charge < -0.3 is 9.47 Å². The SMILES string of the molecule is COc1cc(C)c(CCCl)cc1OC. The van der Waals surface area contributed by atoms with E-state index >= 15 is 0 Å². The fraction of sp³-hybridized carbons (Fsp3) is 0.455. The van der Waals surface area contributed by atoms with Gasteiger partial charge in [-0.3, -0.25) is 0 Å². The molecule has 0 heterocycles. The number of aryl methyl sites for hydroxylation is 2. The second-order valence-corrected chi connectivity index (χ2v) is 3.45. The third-order valence-electron chi connectivity index (χ3n) is 2.21. The molecule has 0 saturated carbocycles. The molecule has 0 unspecified atom stereocenters. The van der Waals surface area contributed by atoms with E-state index in [1.165, 1.54) is 11.1 Å². The third kappa shape index (κ3) is 2.32. The van der Waals surface area contributed by atoms with Crippen LogP contribution >= 0.6 is 11.6 Å². The fourth-order valence-electron chi connectivity index (χ4n) is 1.39. The van der Waals surface area contributed by atoms with Gasteiger partial charge in [0, 0.05) is 5.88 Å². The second kappa shape index (κ2) is 5.11. The lowest BCUT2D eigenvalue weighted by atomic mass is 10.1. The lowest BCUT2D eigenvalue weighted by molar-refractivity contribution is 0.354. The first-order chi connectivity index (χ1) is 6.72. The summed E-state index contributed by atoms with van der Waals surface area (Å²) in [5.41, 5.74) is 2.39. The van der Waals surface area contributed by atoms with Crippen LogP contribution in [0.15, 0.2) is 12.1 Å². The molecule has 0 amide bonds. The van der Waals surface area contributed by atoms with Crippen LogP contribution in [0, 0.1) is 6.92 Å². The maximum atomic E-state index is 5.71. The predicted octanol–water partition coefficient (Wildman–Crippen LogP) is 2.79. The molecule has 0 saturated heterocycles. The molecule has 0 N–H and O–H groups in total. The Bertz CT molecular complexity index is 310. The molecule has 0 bridgehead atoms. The van der Waals surface area contributed by atoms with Crippen LogP contribution in [0.25, 0.3) is 0 Å². The summed E-state index contributed by atoms with van der Waals surface area (Å²) in [6, 6.07) is 3.96. The average Bonchev–Trinajstić information content (AvgIpc) is 2.20. The van der Waals surface area contributed by atoms with Crippen LogP contribution in [-0.2, 0) is 6.42 Å². The molecule has 0 fully saturated rings. The number of ether oxygens (including phenoxy) is 2. The van der Waals surface area contributed by atoms with Crippen LogP contribution in [-0.4, -0.2) is 20.1 Å². The van der Waals surface area contributed by atoms with Crippen molar-refractivity contribution in [2.24, 2.45) is 0 Å². The molecule has 0 spiro atoms. The molecule has 3 heteroatoms. The zero-order valence-electron chi connectivity index (χ0n) is 8.76. The van der Waals surface area contributed by atoms with E-state index in [0.29, 0.717) is 5.88 Å². The summed E-state index contributed by atoms with van der Waals surface area (Å²) >= 11 is 5.71. The predicted molar refractivity (Wildman–Crippen MR) is 58.7 cm³/mol. The van der Waals surface area contributed by atoms with E-state index in [1.54, 1.807) is 14.2 Å². The number of rotatable bonds is 4. The summed E-state index contributed by atoms with van der Waals surface area (Å²) in [6.07, 6.45) is 0.855. The summed E-state index contributed by atoms with van der Waals surface area (Å²) in [6.45, 7) is 2.05. The average molecular weight is 215 g/mol. The Kier molecular flexibility index (Phi) is 4.08. The molecular formula is C11H15ClO2. The molecule has 0 aromatic heterocycles. The van der Waals surface area contributed by atoms with E-state index in [9.17, 15) is 0 Å². The first-order valence-electron chi connectivity index (χ1n) is 4.50. The van der Waals surface area contributed by atoms with E-state index in [0.717, 1.165) is 17.9 Å². The monoisotopic (exact) mass is 214 g/mol. The maximum Gasteiger partial charge on any atom is 0.161 e. The van der Waals surface area contributed by atoms with Crippen LogP contribution in [0.4, 0.5) is 0 Å². The lowest BCUT2D eigenvalue weighted by Crippen LogP contribution is -1.96. The minimum absolute atomic E-state index is 0.621. The molecule has 0 aliphatic carbocycles. The van der Waals surface area contributed by atoms with Gasteiger partial charge in [0.1, 0.15) is 0 Å². The van der Waals surface area contributed by atoms with Crippen molar-refractivity contribution in [1.82, 2.24) is 0 Å². The van der Waals surface area contributed by atoms with Gasteiger partial charge in [-0.2, -0.15) is 0 Å². The van der Waals surface area contributed by atoms with Crippen molar-refractivity contribution in [3.63, 3.8) is 0 Å². The van der Waals surface area contributed by atoms with Crippen molar-refractivity contribution in [2.45, 2.75) is 13.3 Å². The highest BCUT2D eigenvalue weighted by Crippen LogP contribution is 2.30. The van der Waals surface area contributed by atoms with Gasteiger partial charge >= 0.3 is 0 Å². The first kappa shape index (κ1) is 11.2. The Labute approximate surface area is 89.8 Å². The quantitative estimate of drug-likeness (QED) is 0.718. The number of benzene rings is 1. The van der Waals surface area contributed by atoms with Crippen molar-refractivity contribution in [1.29, 1.82) is 0 Å². The minimum Gasteiger partial charge on any atom is -0.493 e. The van der Waals surface area contributed by atoms with Crippen LogP contribution in [0.3, 0.4) is 0 Å². The third-order valence-corrected chi connectivity index (χ3v) is 2.39. The topological polar surface area (TPSA) is 18.5 Å². The molecule has 1 rings (SSSR count). The van der Waals surface area contributed by atoms with Gasteiger partial charge in [0.05, 0.1) is 14.2 Å². The first-order valence-corrected chi connectivity index (χ1v) is 5.03. The van der Waals surface area contributed by atoms with Gasteiger partial charge in [-0.1, -0.05) is 0 Å². The highest BCUT2D eigenvalue weighted by atomic mass is 35.5. The van der Waals surface area contributed by atoms with Crippen molar-refractivity contribution in [3.8, 4) is 11.5 Å². The van der Waals surface area contributed by atoms with Gasteiger partial charge in [-0.05, 0) is 36.6 Å². The van der Waals surface area contributed by atoms with Crippen LogP contribution < -0.4 is 9.47 Å². The van der Waals surface area contributed by atoms with Crippen molar-refractivity contribution in [3.05, 3.63) is 23.3 Å². The Balaban J connectivity index is 3.09. The largest absolute Gasteiger partial charge is 0.493 e. The van der Waals surface area contributed by atoms with Crippen LogP contribution in [0.5, 0.6) is 11.5 Å². The van der Waals surface area contributed by atoms with Crippen molar-refractivity contribution in [2.75, 3.05) is 20.1 Å². The van der Waals surface area contributed by atoms with Crippen molar-refractivity contribution < 1.29 is 9.47 Å². The summed E-state index contributed by atoms with van der Waals surface area (Å²) in [7, 11) is 3.27. The standard InChI is InChI=1S/C11H15ClO2/c1-8-6-10(13-2)11(14-3)7-9(8)4-5-12/h6-7H,4-5H2,1-3H3. The highest BCUT2D eigenvalue weighted by molar-refractivity contribution is 6.18. The lowest BCUT2D eigenvalue weighted by Gasteiger charge is -2.11. The van der Waals surface area contributed by atoms with E-state index < -0.39 is 0 Å². The molecule has 78 valence electrons. The number of hydrogen-bond donors (Lipinski definition) is 0. The minimum atomic E-state index is 0.621. The number of halogens is 1. The van der Waals surface area contributed by atoms with Crippen LogP contribution in [0.2, 0.25) is 0 Å². The molecule has 2 nitrogen and oxygen atoms in total. The van der Waals surface area contributed by atoms with E-state index in [2.05, 4.69) is 0 Å². The Hall–Kier alpha value is -0.890. The van der Waals surface area contributed by atoms with Crippen molar-refractivity contribution >= 4 is 11.6 Å². The Morgan fingerprint density at radius 2 is 1.71 bits per heavy atom. The van der Waals surface area contributed by atoms with Gasteiger partial charge in [0.15, 0.2) is 11.5 Å². The Morgan fingerprint density at radius 3 is 2.21 bits per heavy atom. The van der Waals surface area contributed by atoms with E-state index in [-0.39, 0.29) is 0 Å². The van der Waals surface area contributed by atoms with E-state index in [4.69, 9.17) is 21.1 Å². The summed E-state index contributed by atoms with van der Waals surface area (Å²) in [5.74, 6) is 2.15. The van der Waals surface area contributed by atoms with Gasteiger partial charge in [-0.25, -0.2) is 0 Å². The zero-order chi connectivity index (χ0) is 10.6. The molecular weight excluding hydrogens is 200 g/mol. The molecule has 0 aliphatic heterocycles. The molecule has 0 radical (unpaired) electrons. The van der Waals surface area contributed by atoms with Gasteiger partial charge in [0.2, 0.25) is 0 Å². The molecule has 14 heavy (non-hydrogen) atoms. The van der Waals surface area contributed by atoms with E-state index in [1.807, 2.05) is 19.1 Å². The highest BCUT2D eigenvalue weighted by Gasteiger charge is 2.07. The zero-order valence-corrected chi connectivity index (χ0v) is 9.52. The smallest absolute Gasteiger partial charge is 0.161 e. The number of hydrogen-bond acceptors (Lipinski definition) is 2.